The third-order valence-electron chi connectivity index (χ3n) is 4.99. The van der Waals surface area contributed by atoms with Gasteiger partial charge >= 0.3 is 0 Å². The molecule has 0 saturated carbocycles. The van der Waals surface area contributed by atoms with Crippen molar-refractivity contribution in [2.45, 2.75) is 19.3 Å². The lowest BCUT2D eigenvalue weighted by Crippen LogP contribution is -2.34. The summed E-state index contributed by atoms with van der Waals surface area (Å²) in [6.45, 7) is 3.97. The molecule has 2 aliphatic heterocycles. The van der Waals surface area contributed by atoms with Crippen LogP contribution >= 0.6 is 36.2 Å². The Morgan fingerprint density at radius 2 is 2.00 bits per heavy atom. The summed E-state index contributed by atoms with van der Waals surface area (Å²) >= 11 is 1.59. The highest BCUT2D eigenvalue weighted by Crippen LogP contribution is 2.28. The number of rotatable bonds is 3. The van der Waals surface area contributed by atoms with Crippen LogP contribution in [0.5, 0.6) is 0 Å². The average molecular weight is 404 g/mol. The highest BCUT2D eigenvalue weighted by Gasteiger charge is 2.31. The highest BCUT2D eigenvalue weighted by molar-refractivity contribution is 7.13. The quantitative estimate of drug-likeness (QED) is 0.854. The highest BCUT2D eigenvalue weighted by atomic mass is 35.5. The monoisotopic (exact) mass is 403 g/mol. The van der Waals surface area contributed by atoms with Gasteiger partial charge < -0.3 is 14.6 Å². The van der Waals surface area contributed by atoms with Gasteiger partial charge in [0.1, 0.15) is 6.26 Å². The van der Waals surface area contributed by atoms with E-state index in [1.165, 1.54) is 0 Å². The SMILES string of the molecule is Cl.Cl.O=C(Cc1coc(-c2cccs2)n1)N1CC[C@@H]2CNC[C@@H]2CC1. The zero-order valence-corrected chi connectivity index (χ0v) is 16.3. The fourth-order valence-corrected chi connectivity index (χ4v) is 4.29. The van der Waals surface area contributed by atoms with Crippen molar-refractivity contribution in [3.63, 3.8) is 0 Å². The maximum Gasteiger partial charge on any atom is 0.236 e. The first-order valence-electron chi connectivity index (χ1n) is 8.26. The molecule has 0 spiro atoms. The summed E-state index contributed by atoms with van der Waals surface area (Å²) in [6, 6.07) is 3.95. The molecule has 0 aromatic carbocycles. The van der Waals surface area contributed by atoms with E-state index in [4.69, 9.17) is 4.42 Å². The van der Waals surface area contributed by atoms with Crippen molar-refractivity contribution in [1.82, 2.24) is 15.2 Å². The number of carbonyl (C=O) groups is 1. The minimum atomic E-state index is 0. The third kappa shape index (κ3) is 4.56. The number of oxazole rings is 1. The lowest BCUT2D eigenvalue weighted by atomic mass is 9.92. The van der Waals surface area contributed by atoms with E-state index in [1.807, 2.05) is 22.4 Å². The van der Waals surface area contributed by atoms with Gasteiger partial charge in [-0.1, -0.05) is 6.07 Å². The number of fused-ring (bicyclic) bond motifs is 1. The van der Waals surface area contributed by atoms with Crippen LogP contribution in [0, 0.1) is 11.8 Å². The summed E-state index contributed by atoms with van der Waals surface area (Å²) in [5.41, 5.74) is 0.726. The Hall–Kier alpha value is -1.08. The predicted molar refractivity (Wildman–Crippen MR) is 104 cm³/mol. The fourth-order valence-electron chi connectivity index (χ4n) is 3.64. The van der Waals surface area contributed by atoms with Crippen LogP contribution in [0.1, 0.15) is 18.5 Å². The predicted octanol–water partition coefficient (Wildman–Crippen LogP) is 3.25. The number of nitrogens with zero attached hydrogens (tertiary/aromatic N) is 2. The van der Waals surface area contributed by atoms with Crippen LogP contribution in [0.3, 0.4) is 0 Å². The molecule has 2 aromatic heterocycles. The van der Waals surface area contributed by atoms with Crippen molar-refractivity contribution in [3.8, 4) is 10.8 Å². The molecule has 2 saturated heterocycles. The van der Waals surface area contributed by atoms with Crippen LogP contribution < -0.4 is 5.32 Å². The minimum Gasteiger partial charge on any atom is -0.444 e. The summed E-state index contributed by atoms with van der Waals surface area (Å²) in [6.07, 6.45) is 4.18. The Labute approximate surface area is 164 Å². The Balaban J connectivity index is 0.00000113. The van der Waals surface area contributed by atoms with Crippen LogP contribution in [-0.4, -0.2) is 42.0 Å². The smallest absolute Gasteiger partial charge is 0.236 e. The summed E-state index contributed by atoms with van der Waals surface area (Å²) in [7, 11) is 0. The van der Waals surface area contributed by atoms with E-state index in [2.05, 4.69) is 10.3 Å². The molecule has 2 aromatic rings. The van der Waals surface area contributed by atoms with E-state index in [0.29, 0.717) is 12.3 Å². The van der Waals surface area contributed by atoms with Gasteiger partial charge in [0.2, 0.25) is 11.8 Å². The van der Waals surface area contributed by atoms with Crippen molar-refractivity contribution in [3.05, 3.63) is 29.5 Å². The van der Waals surface area contributed by atoms with Gasteiger partial charge in [-0.15, -0.1) is 36.2 Å². The molecular formula is C17H23Cl2N3O2S. The number of hydrogen-bond donors (Lipinski definition) is 1. The molecule has 0 unspecified atom stereocenters. The lowest BCUT2D eigenvalue weighted by molar-refractivity contribution is -0.130. The van der Waals surface area contributed by atoms with Gasteiger partial charge in [-0.3, -0.25) is 4.79 Å². The third-order valence-corrected chi connectivity index (χ3v) is 5.85. The molecule has 2 fully saturated rings. The number of hydrogen-bond acceptors (Lipinski definition) is 5. The standard InChI is InChI=1S/C17H21N3O2S.2ClH/c21-16(20-5-3-12-9-18-10-13(12)4-6-20)8-14-11-22-17(19-14)15-2-1-7-23-15;;/h1-2,7,11-13,18H,3-6,8-10H2;2*1H/t12-,13+;;. The second kappa shape index (κ2) is 9.03. The molecule has 4 heterocycles. The molecular weight excluding hydrogens is 381 g/mol. The van der Waals surface area contributed by atoms with Crippen molar-refractivity contribution in [2.75, 3.05) is 26.2 Å². The maximum absolute atomic E-state index is 12.6. The van der Waals surface area contributed by atoms with Gasteiger partial charge in [0.25, 0.3) is 0 Å². The Morgan fingerprint density at radius 3 is 2.64 bits per heavy atom. The molecule has 2 aliphatic rings. The zero-order valence-electron chi connectivity index (χ0n) is 13.8. The molecule has 0 radical (unpaired) electrons. The largest absolute Gasteiger partial charge is 0.444 e. The van der Waals surface area contributed by atoms with Gasteiger partial charge in [0.15, 0.2) is 0 Å². The van der Waals surface area contributed by atoms with Gasteiger partial charge in [-0.2, -0.15) is 0 Å². The van der Waals surface area contributed by atoms with E-state index in [1.54, 1.807) is 17.6 Å². The minimum absolute atomic E-state index is 0. The van der Waals surface area contributed by atoms with E-state index in [0.717, 1.165) is 61.4 Å². The molecule has 4 rings (SSSR count). The number of thiophene rings is 1. The Morgan fingerprint density at radius 1 is 1.28 bits per heavy atom. The molecule has 1 amide bonds. The van der Waals surface area contributed by atoms with Crippen LogP contribution in [-0.2, 0) is 11.2 Å². The molecule has 2 atom stereocenters. The zero-order chi connectivity index (χ0) is 15.6. The van der Waals surface area contributed by atoms with Crippen molar-refractivity contribution < 1.29 is 9.21 Å². The molecule has 1 N–H and O–H groups in total. The molecule has 25 heavy (non-hydrogen) atoms. The maximum atomic E-state index is 12.6. The normalized spacial score (nSPS) is 22.5. The number of amides is 1. The van der Waals surface area contributed by atoms with E-state index in [9.17, 15) is 4.79 Å². The fraction of sp³-hybridized carbons (Fsp3) is 0.529. The topological polar surface area (TPSA) is 58.4 Å². The van der Waals surface area contributed by atoms with Gasteiger partial charge in [-0.05, 0) is 49.2 Å². The van der Waals surface area contributed by atoms with E-state index in [-0.39, 0.29) is 30.7 Å². The van der Waals surface area contributed by atoms with E-state index >= 15 is 0 Å². The number of likely N-dealkylation sites (tertiary alicyclic amines) is 1. The van der Waals surface area contributed by atoms with Gasteiger partial charge in [0, 0.05) is 13.1 Å². The number of aromatic nitrogens is 1. The molecule has 0 aliphatic carbocycles. The molecule has 5 nitrogen and oxygen atoms in total. The Kier molecular flexibility index (Phi) is 7.31. The summed E-state index contributed by atoms with van der Waals surface area (Å²) in [5, 5.41) is 5.46. The van der Waals surface area contributed by atoms with Gasteiger partial charge in [0.05, 0.1) is 17.0 Å². The average Bonchev–Trinajstić information content (AvgIpc) is 3.27. The first-order valence-corrected chi connectivity index (χ1v) is 9.14. The number of halogens is 2. The second-order valence-corrected chi connectivity index (χ2v) is 7.38. The van der Waals surface area contributed by atoms with Crippen LogP contribution in [0.4, 0.5) is 0 Å². The second-order valence-electron chi connectivity index (χ2n) is 6.43. The van der Waals surface area contributed by atoms with Crippen LogP contribution in [0.15, 0.2) is 28.2 Å². The number of carbonyl (C=O) groups excluding carboxylic acids is 1. The molecule has 0 bridgehead atoms. The summed E-state index contributed by atoms with van der Waals surface area (Å²) in [5.74, 6) is 2.26. The number of nitrogens with one attached hydrogen (secondary N) is 1. The van der Waals surface area contributed by atoms with Crippen LogP contribution in [0.2, 0.25) is 0 Å². The van der Waals surface area contributed by atoms with Crippen molar-refractivity contribution in [2.24, 2.45) is 11.8 Å². The van der Waals surface area contributed by atoms with Gasteiger partial charge in [-0.25, -0.2) is 4.98 Å². The van der Waals surface area contributed by atoms with E-state index < -0.39 is 0 Å². The summed E-state index contributed by atoms with van der Waals surface area (Å²) in [4.78, 5) is 20.0. The molecule has 138 valence electrons. The van der Waals surface area contributed by atoms with Crippen LogP contribution in [0.25, 0.3) is 10.8 Å². The first kappa shape index (κ1) is 20.2. The van der Waals surface area contributed by atoms with Crippen molar-refractivity contribution in [1.29, 1.82) is 0 Å². The Bertz CT molecular complexity index is 663. The lowest BCUT2D eigenvalue weighted by Gasteiger charge is -2.20. The molecule has 8 heteroatoms. The summed E-state index contributed by atoms with van der Waals surface area (Å²) < 4.78 is 5.50. The van der Waals surface area contributed by atoms with Crippen molar-refractivity contribution >= 4 is 42.1 Å². The first-order chi connectivity index (χ1) is 11.3.